The molecule has 4 rings (SSSR count). The first-order valence-electron chi connectivity index (χ1n) is 8.73. The normalized spacial score (nSPS) is 14.7. The number of para-hydroxylation sites is 1. The second-order valence-electron chi connectivity index (χ2n) is 6.16. The number of benzene rings is 3. The average Bonchev–Trinajstić information content (AvgIpc) is 3.09. The summed E-state index contributed by atoms with van der Waals surface area (Å²) < 4.78 is 11.2. The summed E-state index contributed by atoms with van der Waals surface area (Å²) in [5.74, 6) is 0.431. The van der Waals surface area contributed by atoms with Crippen LogP contribution in [0.5, 0.6) is 5.75 Å². The summed E-state index contributed by atoms with van der Waals surface area (Å²) in [6.07, 6.45) is 1.67. The molecule has 5 heteroatoms. The highest BCUT2D eigenvalue weighted by molar-refractivity contribution is 6.30. The van der Waals surface area contributed by atoms with E-state index in [1.807, 2.05) is 54.6 Å². The molecule has 0 aromatic heterocycles. The Balaban J connectivity index is 1.58. The fourth-order valence-corrected chi connectivity index (χ4v) is 2.86. The summed E-state index contributed by atoms with van der Waals surface area (Å²) in [5, 5.41) is 0.605. The first kappa shape index (κ1) is 18.0. The average molecular weight is 390 g/mol. The first-order valence-corrected chi connectivity index (χ1v) is 9.11. The number of carbonyl (C=O) groups excluding carboxylic acids is 1. The number of esters is 1. The van der Waals surface area contributed by atoms with Gasteiger partial charge in [0.15, 0.2) is 5.70 Å². The molecule has 3 aromatic carbocycles. The third kappa shape index (κ3) is 4.13. The van der Waals surface area contributed by atoms with Crippen molar-refractivity contribution >= 4 is 29.5 Å². The van der Waals surface area contributed by atoms with E-state index in [4.69, 9.17) is 21.1 Å². The van der Waals surface area contributed by atoms with E-state index < -0.39 is 5.97 Å². The third-order valence-electron chi connectivity index (χ3n) is 4.16. The predicted molar refractivity (Wildman–Crippen MR) is 109 cm³/mol. The van der Waals surface area contributed by atoms with E-state index in [9.17, 15) is 4.79 Å². The molecule has 0 aliphatic carbocycles. The van der Waals surface area contributed by atoms with Crippen molar-refractivity contribution in [1.82, 2.24) is 0 Å². The van der Waals surface area contributed by atoms with Crippen molar-refractivity contribution in [2.75, 3.05) is 0 Å². The monoisotopic (exact) mass is 389 g/mol. The lowest BCUT2D eigenvalue weighted by molar-refractivity contribution is -0.129. The molecule has 0 amide bonds. The quantitative estimate of drug-likeness (QED) is 0.441. The Labute approximate surface area is 167 Å². The smallest absolute Gasteiger partial charge is 0.363 e. The molecule has 4 nitrogen and oxygen atoms in total. The van der Waals surface area contributed by atoms with Crippen LogP contribution < -0.4 is 4.74 Å². The molecule has 0 atom stereocenters. The molecule has 0 unspecified atom stereocenters. The lowest BCUT2D eigenvalue weighted by atomic mass is 10.1. The molecule has 0 saturated carbocycles. The van der Waals surface area contributed by atoms with Crippen LogP contribution in [0.3, 0.4) is 0 Å². The number of aliphatic imine (C=N–C) groups is 1. The highest BCUT2D eigenvalue weighted by Crippen LogP contribution is 2.25. The molecule has 1 aliphatic rings. The molecule has 0 fully saturated rings. The maximum Gasteiger partial charge on any atom is 0.363 e. The number of carbonyl (C=O) groups is 1. The zero-order valence-electron chi connectivity index (χ0n) is 14.8. The summed E-state index contributed by atoms with van der Waals surface area (Å²) in [7, 11) is 0. The summed E-state index contributed by atoms with van der Waals surface area (Å²) in [5.41, 5.74) is 2.73. The van der Waals surface area contributed by atoms with Crippen molar-refractivity contribution in [1.29, 1.82) is 0 Å². The van der Waals surface area contributed by atoms with Crippen molar-refractivity contribution in [3.05, 3.63) is 106 Å². The summed E-state index contributed by atoms with van der Waals surface area (Å²) in [6.45, 7) is 0.435. The van der Waals surface area contributed by atoms with Crippen molar-refractivity contribution in [3.8, 4) is 5.75 Å². The van der Waals surface area contributed by atoms with Crippen LogP contribution in [0.25, 0.3) is 6.08 Å². The number of hydrogen-bond donors (Lipinski definition) is 0. The zero-order chi connectivity index (χ0) is 19.3. The molecule has 138 valence electrons. The van der Waals surface area contributed by atoms with E-state index in [0.29, 0.717) is 22.9 Å². The van der Waals surface area contributed by atoms with Gasteiger partial charge in [0.2, 0.25) is 5.90 Å². The number of nitrogens with zero attached hydrogens (tertiary/aromatic N) is 1. The second-order valence-corrected chi connectivity index (χ2v) is 6.59. The van der Waals surface area contributed by atoms with Crippen LogP contribution in [-0.2, 0) is 16.1 Å². The first-order chi connectivity index (χ1) is 13.7. The number of ether oxygens (including phenoxy) is 2. The maximum absolute atomic E-state index is 12.2. The van der Waals surface area contributed by atoms with Crippen LogP contribution in [0.1, 0.15) is 16.7 Å². The van der Waals surface area contributed by atoms with Crippen LogP contribution >= 0.6 is 11.6 Å². The molecule has 0 N–H and O–H groups in total. The number of halogens is 1. The van der Waals surface area contributed by atoms with Gasteiger partial charge in [0, 0.05) is 16.1 Å². The minimum atomic E-state index is -0.497. The van der Waals surface area contributed by atoms with E-state index in [1.54, 1.807) is 30.3 Å². The van der Waals surface area contributed by atoms with Crippen LogP contribution in [0.2, 0.25) is 5.02 Å². The van der Waals surface area contributed by atoms with Gasteiger partial charge in [0.25, 0.3) is 0 Å². The largest absolute Gasteiger partial charge is 0.488 e. The Bertz CT molecular complexity index is 1060. The van der Waals surface area contributed by atoms with E-state index in [1.165, 1.54) is 0 Å². The van der Waals surface area contributed by atoms with Crippen molar-refractivity contribution in [3.63, 3.8) is 0 Å². The summed E-state index contributed by atoms with van der Waals surface area (Å²) in [6, 6.07) is 24.4. The van der Waals surface area contributed by atoms with Gasteiger partial charge in [-0.3, -0.25) is 0 Å². The SMILES string of the molecule is O=C1OC(c2ccc(Cl)cc2)=N/C1=C/c1ccccc1OCc1ccccc1. The van der Waals surface area contributed by atoms with Gasteiger partial charge in [-0.2, -0.15) is 0 Å². The Morgan fingerprint density at radius 3 is 2.43 bits per heavy atom. The molecule has 1 aliphatic heterocycles. The molecular formula is C23H16ClNO3. The summed E-state index contributed by atoms with van der Waals surface area (Å²) in [4.78, 5) is 16.6. The lowest BCUT2D eigenvalue weighted by Crippen LogP contribution is -2.05. The lowest BCUT2D eigenvalue weighted by Gasteiger charge is -2.09. The van der Waals surface area contributed by atoms with E-state index in [2.05, 4.69) is 4.99 Å². The van der Waals surface area contributed by atoms with Gasteiger partial charge >= 0.3 is 5.97 Å². The van der Waals surface area contributed by atoms with E-state index in [-0.39, 0.29) is 11.6 Å². The molecule has 0 saturated heterocycles. The Kier molecular flexibility index (Phi) is 5.22. The van der Waals surface area contributed by atoms with Gasteiger partial charge in [-0.15, -0.1) is 0 Å². The number of rotatable bonds is 5. The Morgan fingerprint density at radius 2 is 1.64 bits per heavy atom. The maximum atomic E-state index is 12.2. The minimum Gasteiger partial charge on any atom is -0.488 e. The molecule has 0 spiro atoms. The predicted octanol–water partition coefficient (Wildman–Crippen LogP) is 5.26. The topological polar surface area (TPSA) is 47.9 Å². The molecular weight excluding hydrogens is 374 g/mol. The molecule has 3 aromatic rings. The standard InChI is InChI=1S/C23H16ClNO3/c24-19-12-10-17(11-13-19)22-25-20(23(26)28-22)14-18-8-4-5-9-21(18)27-15-16-6-2-1-3-7-16/h1-14H,15H2/b20-14+. The van der Waals surface area contributed by atoms with Gasteiger partial charge in [-0.05, 0) is 42.0 Å². The van der Waals surface area contributed by atoms with Crippen LogP contribution in [0.4, 0.5) is 0 Å². The van der Waals surface area contributed by atoms with Gasteiger partial charge in [0.1, 0.15) is 12.4 Å². The fourth-order valence-electron chi connectivity index (χ4n) is 2.74. The van der Waals surface area contributed by atoms with Gasteiger partial charge in [0.05, 0.1) is 0 Å². The van der Waals surface area contributed by atoms with Gasteiger partial charge in [-0.1, -0.05) is 60.1 Å². The Morgan fingerprint density at radius 1 is 0.929 bits per heavy atom. The molecule has 28 heavy (non-hydrogen) atoms. The zero-order valence-corrected chi connectivity index (χ0v) is 15.6. The van der Waals surface area contributed by atoms with Crippen LogP contribution in [0, 0.1) is 0 Å². The fraction of sp³-hybridized carbons (Fsp3) is 0.0435. The van der Waals surface area contributed by atoms with E-state index >= 15 is 0 Å². The highest BCUT2D eigenvalue weighted by Gasteiger charge is 2.24. The van der Waals surface area contributed by atoms with Crippen molar-refractivity contribution < 1.29 is 14.3 Å². The molecule has 0 bridgehead atoms. The highest BCUT2D eigenvalue weighted by atomic mass is 35.5. The molecule has 1 heterocycles. The minimum absolute atomic E-state index is 0.223. The summed E-state index contributed by atoms with van der Waals surface area (Å²) >= 11 is 5.90. The van der Waals surface area contributed by atoms with Gasteiger partial charge < -0.3 is 9.47 Å². The second kappa shape index (κ2) is 8.11. The van der Waals surface area contributed by atoms with Gasteiger partial charge in [-0.25, -0.2) is 9.79 Å². The molecule has 0 radical (unpaired) electrons. The van der Waals surface area contributed by atoms with E-state index in [0.717, 1.165) is 11.1 Å². The number of hydrogen-bond acceptors (Lipinski definition) is 4. The number of cyclic esters (lactones) is 1. The Hall–Kier alpha value is -3.37. The van der Waals surface area contributed by atoms with Crippen LogP contribution in [0.15, 0.2) is 89.6 Å². The third-order valence-corrected chi connectivity index (χ3v) is 4.41. The van der Waals surface area contributed by atoms with Crippen molar-refractivity contribution in [2.45, 2.75) is 6.61 Å². The van der Waals surface area contributed by atoms with Crippen molar-refractivity contribution in [2.24, 2.45) is 4.99 Å². The van der Waals surface area contributed by atoms with Crippen LogP contribution in [-0.4, -0.2) is 11.9 Å².